The van der Waals surface area contributed by atoms with Gasteiger partial charge in [0.1, 0.15) is 17.7 Å². The van der Waals surface area contributed by atoms with Gasteiger partial charge in [-0.3, -0.25) is 14.4 Å². The molecule has 0 saturated carbocycles. The van der Waals surface area contributed by atoms with E-state index >= 15 is 0 Å². The van der Waals surface area contributed by atoms with Gasteiger partial charge in [0.25, 0.3) is 0 Å². The number of imidazole rings is 2. The van der Waals surface area contributed by atoms with Crippen molar-refractivity contribution in [2.45, 2.75) is 91.0 Å². The number of amides is 3. The molecule has 4 atom stereocenters. The highest BCUT2D eigenvalue weighted by molar-refractivity contribution is 6.10. The van der Waals surface area contributed by atoms with Gasteiger partial charge in [-0.05, 0) is 49.7 Å². The van der Waals surface area contributed by atoms with E-state index < -0.39 is 18.2 Å². The highest BCUT2D eigenvalue weighted by Crippen LogP contribution is 2.37. The monoisotopic (exact) mass is 825 g/mol. The molecule has 2 aliphatic rings. The van der Waals surface area contributed by atoms with Crippen LogP contribution < -0.4 is 11.1 Å². The molecular weight excluding hydrogens is 767 g/mol. The molecule has 5 N–H and O–H groups in total. The van der Waals surface area contributed by atoms with Crippen molar-refractivity contribution in [2.24, 2.45) is 17.6 Å². The molecule has 3 amide bonds. The van der Waals surface area contributed by atoms with E-state index in [0.29, 0.717) is 26.2 Å². The molecule has 2 saturated heterocycles. The minimum absolute atomic E-state index is 0.0225. The summed E-state index contributed by atoms with van der Waals surface area (Å²) in [5.74, 6) is 1.04. The van der Waals surface area contributed by atoms with Gasteiger partial charge in [0.05, 0.1) is 62.7 Å². The number of hydrogen-bond acceptors (Lipinski definition) is 10. The third-order valence-electron chi connectivity index (χ3n) is 11.6. The smallest absolute Gasteiger partial charge is 0.407 e. The fourth-order valence-electron chi connectivity index (χ4n) is 8.14. The molecule has 2 aromatic carbocycles. The number of rotatable bonds is 12. The number of H-pyrrole nitrogens is 2. The predicted molar refractivity (Wildman–Crippen MR) is 229 cm³/mol. The number of nitrogens with two attached hydrogens (primary N) is 1. The second-order valence-corrected chi connectivity index (χ2v) is 16.2. The normalized spacial score (nSPS) is 17.6. The number of alkyl carbamates (subject to hydrolysis) is 1. The third kappa shape index (κ3) is 9.19. The molecule has 7 rings (SSSR count). The quantitative estimate of drug-likeness (QED) is 0.107. The van der Waals surface area contributed by atoms with Gasteiger partial charge in [0.15, 0.2) is 0 Å². The molecule has 322 valence electrons. The van der Waals surface area contributed by atoms with Crippen LogP contribution in [-0.4, -0.2) is 111 Å². The van der Waals surface area contributed by atoms with Gasteiger partial charge in [0.2, 0.25) is 11.8 Å². The van der Waals surface area contributed by atoms with Crippen molar-refractivity contribution in [2.75, 3.05) is 41.0 Å². The number of nitrogens with zero attached hydrogens (tertiary/aromatic N) is 5. The van der Waals surface area contributed by atoms with E-state index in [9.17, 15) is 19.2 Å². The summed E-state index contributed by atoms with van der Waals surface area (Å²) in [6.45, 7) is 11.6. The zero-order valence-electron chi connectivity index (χ0n) is 35.9. The number of benzene rings is 2. The van der Waals surface area contributed by atoms with Crippen LogP contribution in [0.3, 0.4) is 0 Å². The first-order valence-corrected chi connectivity index (χ1v) is 20.7. The van der Waals surface area contributed by atoms with Gasteiger partial charge in [-0.1, -0.05) is 52.0 Å². The second-order valence-electron chi connectivity index (χ2n) is 16.2. The minimum Gasteiger partial charge on any atom is -0.469 e. The Morgan fingerprint density at radius 3 is 1.72 bits per heavy atom. The number of aromatic amines is 2. The first-order valence-electron chi connectivity index (χ1n) is 20.7. The van der Waals surface area contributed by atoms with Gasteiger partial charge >= 0.3 is 12.1 Å². The molecule has 0 bridgehead atoms. The molecule has 5 aromatic rings. The van der Waals surface area contributed by atoms with Crippen LogP contribution in [-0.2, 0) is 35.1 Å². The molecule has 2 aliphatic heterocycles. The predicted octanol–water partition coefficient (Wildman–Crippen LogP) is 6.09. The van der Waals surface area contributed by atoms with Gasteiger partial charge in [-0.15, -0.1) is 0 Å². The maximum absolute atomic E-state index is 13.7. The summed E-state index contributed by atoms with van der Waals surface area (Å²) >= 11 is 0. The van der Waals surface area contributed by atoms with Crippen LogP contribution in [0.4, 0.5) is 4.79 Å². The fourth-order valence-corrected chi connectivity index (χ4v) is 8.14. The second kappa shape index (κ2) is 19.1. The molecule has 16 nitrogen and oxygen atoms in total. The lowest BCUT2D eigenvalue weighted by atomic mass is 10.0. The Balaban J connectivity index is 0.00000114. The van der Waals surface area contributed by atoms with Crippen molar-refractivity contribution in [3.63, 3.8) is 0 Å². The minimum atomic E-state index is -0.697. The van der Waals surface area contributed by atoms with Crippen LogP contribution in [0.25, 0.3) is 44.3 Å². The van der Waals surface area contributed by atoms with E-state index in [4.69, 9.17) is 25.2 Å². The first kappa shape index (κ1) is 43.8. The summed E-state index contributed by atoms with van der Waals surface area (Å²) in [4.78, 5) is 68.8. The molecule has 0 radical (unpaired) electrons. The molecular formula is C44H59N9O7. The van der Waals surface area contributed by atoms with Gasteiger partial charge in [-0.25, -0.2) is 14.8 Å². The number of esters is 1. The number of carbonyl (C=O) groups excluding carboxylic acids is 4. The zero-order valence-corrected chi connectivity index (χ0v) is 35.9. The van der Waals surface area contributed by atoms with Gasteiger partial charge in [-0.2, -0.15) is 0 Å². The van der Waals surface area contributed by atoms with Crippen LogP contribution in [0.1, 0.15) is 84.0 Å². The van der Waals surface area contributed by atoms with Crippen molar-refractivity contribution in [3.8, 4) is 22.5 Å². The lowest BCUT2D eigenvalue weighted by molar-refractivity contribution is -0.138. The average Bonchev–Trinajstić information content (AvgIpc) is 4.10. The molecule has 5 heterocycles. The summed E-state index contributed by atoms with van der Waals surface area (Å²) in [7, 11) is 4.35. The van der Waals surface area contributed by atoms with Crippen LogP contribution in [0.2, 0.25) is 0 Å². The van der Waals surface area contributed by atoms with Crippen LogP contribution in [0.5, 0.6) is 0 Å². The molecule has 16 heteroatoms. The Morgan fingerprint density at radius 1 is 0.783 bits per heavy atom. The van der Waals surface area contributed by atoms with Crippen LogP contribution >= 0.6 is 0 Å². The molecule has 0 spiro atoms. The standard InChI is InChI=1S/C41H53N9O5.C3H6O2/c1-23(2)35(42)39(51)49-15-7-9-31(49)37-43-21-29(45-37)25-11-13-27-28-14-12-26(20-34(28)48(17-18-54-5)33(27)19-25)30-22-44-38(46-30)32-10-8-16-50(32)40(52)36(24(3)4)47-41(53)55-6;1-3(4)5-2/h11-14,19-24,31-32,35-36H,7-10,15-18,42H2,1-6H3,(H,43,45)(H,44,46)(H,47,53);1-2H3/t31-,32-,35-,36-;/m0./s1. The Morgan fingerprint density at radius 2 is 1.28 bits per heavy atom. The van der Waals surface area contributed by atoms with Crippen molar-refractivity contribution >= 4 is 45.7 Å². The summed E-state index contributed by atoms with van der Waals surface area (Å²) in [6, 6.07) is 11.3. The largest absolute Gasteiger partial charge is 0.469 e. The van der Waals surface area contributed by atoms with Crippen LogP contribution in [0, 0.1) is 11.8 Å². The number of aromatic nitrogens is 5. The Labute approximate surface area is 350 Å². The first-order chi connectivity index (χ1) is 28.8. The van der Waals surface area contributed by atoms with Crippen molar-refractivity contribution < 1.29 is 33.4 Å². The number of carbonyl (C=O) groups is 4. The highest BCUT2D eigenvalue weighted by atomic mass is 16.5. The topological polar surface area (TPSA) is 203 Å². The molecule has 0 unspecified atom stereocenters. The van der Waals surface area contributed by atoms with E-state index in [1.54, 1.807) is 7.11 Å². The Hall–Kier alpha value is -5.74. The summed E-state index contributed by atoms with van der Waals surface area (Å²) in [5, 5.41) is 4.96. The van der Waals surface area contributed by atoms with Crippen molar-refractivity contribution in [3.05, 3.63) is 60.4 Å². The van der Waals surface area contributed by atoms with E-state index in [0.717, 1.165) is 81.7 Å². The maximum atomic E-state index is 13.7. The van der Waals surface area contributed by atoms with Crippen molar-refractivity contribution in [1.29, 1.82) is 0 Å². The van der Waals surface area contributed by atoms with Gasteiger partial charge < -0.3 is 49.6 Å². The zero-order chi connectivity index (χ0) is 43.2. The number of hydrogen-bond donors (Lipinski definition) is 4. The highest BCUT2D eigenvalue weighted by Gasteiger charge is 2.38. The van der Waals surface area contributed by atoms with Gasteiger partial charge in [0, 0.05) is 66.6 Å². The average molecular weight is 826 g/mol. The lowest BCUT2D eigenvalue weighted by Crippen LogP contribution is -2.51. The van der Waals surface area contributed by atoms with Crippen LogP contribution in [0.15, 0.2) is 48.8 Å². The molecule has 3 aromatic heterocycles. The van der Waals surface area contributed by atoms with E-state index in [1.807, 2.05) is 49.9 Å². The fraction of sp³-hybridized carbons (Fsp3) is 0.500. The summed E-state index contributed by atoms with van der Waals surface area (Å²) in [5.41, 5.74) is 12.1. The number of fused-ring (bicyclic) bond motifs is 3. The number of likely N-dealkylation sites (tertiary alicyclic amines) is 2. The molecule has 0 aliphatic carbocycles. The third-order valence-corrected chi connectivity index (χ3v) is 11.6. The molecule has 2 fully saturated rings. The Bertz CT molecular complexity index is 2310. The lowest BCUT2D eigenvalue weighted by Gasteiger charge is -2.30. The Kier molecular flexibility index (Phi) is 14.0. The van der Waals surface area contributed by atoms with Crippen molar-refractivity contribution in [1.82, 2.24) is 39.6 Å². The maximum Gasteiger partial charge on any atom is 0.407 e. The number of methoxy groups -OCH3 is 3. The summed E-state index contributed by atoms with van der Waals surface area (Å²) in [6.07, 6.45) is 6.44. The summed E-state index contributed by atoms with van der Waals surface area (Å²) < 4.78 is 16.7. The van der Waals surface area contributed by atoms with E-state index in [2.05, 4.69) is 61.0 Å². The number of nitrogens with one attached hydrogen (secondary N) is 3. The molecule has 60 heavy (non-hydrogen) atoms. The number of ether oxygens (including phenoxy) is 3. The van der Waals surface area contributed by atoms with E-state index in [1.165, 1.54) is 21.1 Å². The SMILES string of the molecule is COC(C)=O.COCCn1c2cc(-c3cnc([C@@H]4CCCN4C(=O)[C@@H](N)C(C)C)[nH]3)ccc2c2ccc(-c3cnc([C@@H]4CCCN4C(=O)[C@@H](NC(=O)OC)C(C)C)[nH]3)cc21. The van der Waals surface area contributed by atoms with E-state index in [-0.39, 0.29) is 41.7 Å².